The van der Waals surface area contributed by atoms with E-state index in [0.29, 0.717) is 30.4 Å². The number of Topliss-reactive ketones (excluding diaryl/α,β-unsaturated/α-hetero) is 1. The molecule has 0 fully saturated rings. The monoisotopic (exact) mass is 312 g/mol. The van der Waals surface area contributed by atoms with E-state index in [9.17, 15) is 4.79 Å². The van der Waals surface area contributed by atoms with Crippen molar-refractivity contribution in [3.05, 3.63) is 23.8 Å². The maximum atomic E-state index is 12.1. The van der Waals surface area contributed by atoms with E-state index >= 15 is 0 Å². The highest BCUT2D eigenvalue weighted by Crippen LogP contribution is 2.32. The lowest BCUT2D eigenvalue weighted by molar-refractivity contribution is 0.0989. The number of alkyl halides is 1. The predicted octanol–water partition coefficient (Wildman–Crippen LogP) is 3.45. The lowest BCUT2D eigenvalue weighted by atomic mass is 10.1. The van der Waals surface area contributed by atoms with Crippen molar-refractivity contribution in [3.8, 4) is 11.5 Å². The first kappa shape index (κ1) is 13.4. The van der Waals surface area contributed by atoms with Crippen LogP contribution in [-0.2, 0) is 0 Å². The Balaban J connectivity index is 2.24. The summed E-state index contributed by atoms with van der Waals surface area (Å²) in [6.07, 6.45) is 0.768. The molecular formula is C14H17BrO3. The highest BCUT2D eigenvalue weighted by Gasteiger charge is 2.19. The number of fused-ring (bicyclic) bond motifs is 1. The summed E-state index contributed by atoms with van der Waals surface area (Å²) in [5.41, 5.74) is 0.663. The number of hydrogen-bond donors (Lipinski definition) is 0. The maximum Gasteiger partial charge on any atom is 0.176 e. The summed E-state index contributed by atoms with van der Waals surface area (Å²) in [5.74, 6) is 1.83. The van der Waals surface area contributed by atoms with Gasteiger partial charge in [-0.2, -0.15) is 0 Å². The first-order valence-corrected chi connectivity index (χ1v) is 7.11. The number of carbonyl (C=O) groups is 1. The SMILES string of the molecule is CCC(Br)C(=O)c1ccc2c(c1)OCC(C)CO2. The zero-order chi connectivity index (χ0) is 13.1. The second-order valence-corrected chi connectivity index (χ2v) is 5.73. The molecule has 2 unspecified atom stereocenters. The fourth-order valence-corrected chi connectivity index (χ4v) is 2.04. The molecular weight excluding hydrogens is 296 g/mol. The van der Waals surface area contributed by atoms with E-state index in [1.54, 1.807) is 12.1 Å². The van der Waals surface area contributed by atoms with Crippen LogP contribution in [-0.4, -0.2) is 23.8 Å². The van der Waals surface area contributed by atoms with Crippen molar-refractivity contribution in [2.45, 2.75) is 25.1 Å². The van der Waals surface area contributed by atoms with Crippen molar-refractivity contribution in [2.24, 2.45) is 5.92 Å². The molecule has 0 saturated carbocycles. The van der Waals surface area contributed by atoms with Gasteiger partial charge in [0.2, 0.25) is 0 Å². The van der Waals surface area contributed by atoms with E-state index in [1.807, 2.05) is 13.0 Å². The molecule has 0 radical (unpaired) electrons. The molecule has 0 bridgehead atoms. The number of halogens is 1. The molecule has 98 valence electrons. The predicted molar refractivity (Wildman–Crippen MR) is 73.9 cm³/mol. The van der Waals surface area contributed by atoms with Gasteiger partial charge < -0.3 is 9.47 Å². The number of ether oxygens (including phenoxy) is 2. The van der Waals surface area contributed by atoms with Gasteiger partial charge in [0, 0.05) is 11.5 Å². The van der Waals surface area contributed by atoms with Crippen molar-refractivity contribution < 1.29 is 14.3 Å². The fraction of sp³-hybridized carbons (Fsp3) is 0.500. The molecule has 0 spiro atoms. The Morgan fingerprint density at radius 1 is 1.39 bits per heavy atom. The molecule has 2 atom stereocenters. The number of ketones is 1. The van der Waals surface area contributed by atoms with Crippen LogP contribution in [0.25, 0.3) is 0 Å². The molecule has 18 heavy (non-hydrogen) atoms. The fourth-order valence-electron chi connectivity index (χ4n) is 1.77. The summed E-state index contributed by atoms with van der Waals surface area (Å²) < 4.78 is 11.3. The number of benzene rings is 1. The van der Waals surface area contributed by atoms with Crippen LogP contribution in [0, 0.1) is 5.92 Å². The summed E-state index contributed by atoms with van der Waals surface area (Å²) in [7, 11) is 0. The van der Waals surface area contributed by atoms with Gasteiger partial charge in [-0.05, 0) is 24.6 Å². The molecule has 0 N–H and O–H groups in total. The van der Waals surface area contributed by atoms with Crippen molar-refractivity contribution in [1.82, 2.24) is 0 Å². The van der Waals surface area contributed by atoms with Crippen molar-refractivity contribution in [3.63, 3.8) is 0 Å². The molecule has 1 heterocycles. The van der Waals surface area contributed by atoms with Gasteiger partial charge >= 0.3 is 0 Å². The van der Waals surface area contributed by atoms with Crippen LogP contribution in [0.1, 0.15) is 30.6 Å². The maximum absolute atomic E-state index is 12.1. The van der Waals surface area contributed by atoms with Gasteiger partial charge in [-0.25, -0.2) is 0 Å². The quantitative estimate of drug-likeness (QED) is 0.633. The number of carbonyl (C=O) groups excluding carboxylic acids is 1. The van der Waals surface area contributed by atoms with Crippen molar-refractivity contribution >= 4 is 21.7 Å². The first-order valence-electron chi connectivity index (χ1n) is 6.19. The molecule has 2 rings (SSSR count). The Hall–Kier alpha value is -1.03. The Morgan fingerprint density at radius 3 is 2.72 bits per heavy atom. The van der Waals surface area contributed by atoms with E-state index in [2.05, 4.69) is 22.9 Å². The molecule has 0 amide bonds. The summed E-state index contributed by atoms with van der Waals surface area (Å²) in [6, 6.07) is 5.39. The molecule has 1 aliphatic heterocycles. The van der Waals surface area contributed by atoms with Gasteiger partial charge in [-0.1, -0.05) is 29.8 Å². The lowest BCUT2D eigenvalue weighted by Gasteiger charge is -2.10. The van der Waals surface area contributed by atoms with Crippen LogP contribution in [0.15, 0.2) is 18.2 Å². The van der Waals surface area contributed by atoms with E-state index in [0.717, 1.165) is 12.2 Å². The normalized spacial score (nSPS) is 20.1. The molecule has 1 aromatic rings. The molecule has 0 aliphatic carbocycles. The third-order valence-corrected chi connectivity index (χ3v) is 3.98. The van der Waals surface area contributed by atoms with Crippen LogP contribution in [0.4, 0.5) is 0 Å². The highest BCUT2D eigenvalue weighted by atomic mass is 79.9. The minimum atomic E-state index is -0.138. The average molecular weight is 313 g/mol. The Kier molecular flexibility index (Phi) is 4.27. The standard InChI is InChI=1S/C14H17BrO3/c1-3-11(15)14(16)10-4-5-12-13(6-10)18-8-9(2)7-17-12/h4-6,9,11H,3,7-8H2,1-2H3. The Morgan fingerprint density at radius 2 is 2.06 bits per heavy atom. The van der Waals surface area contributed by atoms with Gasteiger partial charge in [0.05, 0.1) is 18.0 Å². The molecule has 3 nitrogen and oxygen atoms in total. The van der Waals surface area contributed by atoms with E-state index in [-0.39, 0.29) is 10.6 Å². The second-order valence-electron chi connectivity index (χ2n) is 4.63. The summed E-state index contributed by atoms with van der Waals surface area (Å²) in [6.45, 7) is 5.32. The third-order valence-electron chi connectivity index (χ3n) is 2.92. The van der Waals surface area contributed by atoms with Crippen LogP contribution < -0.4 is 9.47 Å². The second kappa shape index (κ2) is 5.74. The van der Waals surface area contributed by atoms with Gasteiger partial charge in [0.15, 0.2) is 17.3 Å². The van der Waals surface area contributed by atoms with Crippen molar-refractivity contribution in [2.75, 3.05) is 13.2 Å². The summed E-state index contributed by atoms with van der Waals surface area (Å²) in [5, 5.41) is 0. The molecule has 1 aliphatic rings. The van der Waals surface area contributed by atoms with Crippen LogP contribution in [0.5, 0.6) is 11.5 Å². The van der Waals surface area contributed by atoms with E-state index in [1.165, 1.54) is 0 Å². The topological polar surface area (TPSA) is 35.5 Å². The van der Waals surface area contributed by atoms with Crippen LogP contribution in [0.2, 0.25) is 0 Å². The number of hydrogen-bond acceptors (Lipinski definition) is 3. The molecule has 4 heteroatoms. The zero-order valence-electron chi connectivity index (χ0n) is 10.6. The first-order chi connectivity index (χ1) is 8.61. The minimum absolute atomic E-state index is 0.0844. The van der Waals surface area contributed by atoms with Gasteiger partial charge in [-0.15, -0.1) is 0 Å². The van der Waals surface area contributed by atoms with Crippen LogP contribution >= 0.6 is 15.9 Å². The molecule has 0 saturated heterocycles. The summed E-state index contributed by atoms with van der Waals surface area (Å²) in [4.78, 5) is 11.9. The molecule has 1 aromatic carbocycles. The highest BCUT2D eigenvalue weighted by molar-refractivity contribution is 9.10. The van der Waals surface area contributed by atoms with Gasteiger partial charge in [-0.3, -0.25) is 4.79 Å². The average Bonchev–Trinajstić information content (AvgIpc) is 2.59. The minimum Gasteiger partial charge on any atom is -0.489 e. The van der Waals surface area contributed by atoms with E-state index < -0.39 is 0 Å². The van der Waals surface area contributed by atoms with E-state index in [4.69, 9.17) is 9.47 Å². The van der Waals surface area contributed by atoms with Crippen molar-refractivity contribution in [1.29, 1.82) is 0 Å². The summed E-state index contributed by atoms with van der Waals surface area (Å²) >= 11 is 3.38. The smallest absolute Gasteiger partial charge is 0.176 e. The molecule has 0 aromatic heterocycles. The third kappa shape index (κ3) is 2.86. The Bertz CT molecular complexity index is 445. The Labute approximate surface area is 116 Å². The zero-order valence-corrected chi connectivity index (χ0v) is 12.2. The van der Waals surface area contributed by atoms with Crippen LogP contribution in [0.3, 0.4) is 0 Å². The van der Waals surface area contributed by atoms with Gasteiger partial charge in [0.25, 0.3) is 0 Å². The lowest BCUT2D eigenvalue weighted by Crippen LogP contribution is -2.13. The number of rotatable bonds is 3. The largest absolute Gasteiger partial charge is 0.489 e. The van der Waals surface area contributed by atoms with Gasteiger partial charge in [0.1, 0.15) is 0 Å².